The zero-order valence-corrected chi connectivity index (χ0v) is 7.98. The van der Waals surface area contributed by atoms with Crippen LogP contribution in [0.1, 0.15) is 20.8 Å². The van der Waals surface area contributed by atoms with Crippen LogP contribution >= 0.6 is 24.0 Å². The van der Waals surface area contributed by atoms with Gasteiger partial charge in [0.2, 0.25) is 0 Å². The molecule has 9 heavy (non-hydrogen) atoms. The van der Waals surface area contributed by atoms with E-state index in [-0.39, 0.29) is 12.4 Å². The molecule has 0 aromatic heterocycles. The lowest BCUT2D eigenvalue weighted by molar-refractivity contribution is 0.762. The molecule has 0 radical (unpaired) electrons. The second-order valence-corrected chi connectivity index (χ2v) is 1.76. The quantitative estimate of drug-likeness (QED) is 0.633. The van der Waals surface area contributed by atoms with E-state index >= 15 is 0 Å². The van der Waals surface area contributed by atoms with Crippen molar-refractivity contribution in [2.75, 3.05) is 19.0 Å². The molecular formula is C6H17Cl2N. The number of hydrogen-bond acceptors (Lipinski definition) is 1. The van der Waals surface area contributed by atoms with E-state index in [1.807, 2.05) is 6.92 Å². The lowest BCUT2D eigenvalue weighted by Crippen LogP contribution is -2.09. The third kappa shape index (κ3) is 56.6. The smallest absolute Gasteiger partial charge is 0.0195 e. The topological polar surface area (TPSA) is 12.0 Å². The Bertz CT molecular complexity index is 25.0. The molecule has 0 unspecified atom stereocenters. The zero-order valence-electron chi connectivity index (χ0n) is 6.41. The monoisotopic (exact) mass is 173 g/mol. The predicted molar refractivity (Wildman–Crippen MR) is 47.9 cm³/mol. The Balaban J connectivity index is -0.0000000800. The first-order valence-corrected chi connectivity index (χ1v) is 3.63. The van der Waals surface area contributed by atoms with Gasteiger partial charge in [-0.1, -0.05) is 20.8 Å². The van der Waals surface area contributed by atoms with E-state index in [0.717, 1.165) is 19.0 Å². The molecule has 0 aliphatic heterocycles. The fraction of sp³-hybridized carbons (Fsp3) is 1.00. The van der Waals surface area contributed by atoms with E-state index in [0.29, 0.717) is 0 Å². The second kappa shape index (κ2) is 23.6. The summed E-state index contributed by atoms with van der Waals surface area (Å²) >= 11 is 5.00. The van der Waals surface area contributed by atoms with Crippen molar-refractivity contribution in [1.82, 2.24) is 5.32 Å². The number of hydrogen-bond donors (Lipinski definition) is 1. The molecule has 0 aromatic rings. The Hall–Kier alpha value is 0.540. The summed E-state index contributed by atoms with van der Waals surface area (Å²) < 4.78 is 0. The minimum Gasteiger partial charge on any atom is -0.317 e. The molecule has 0 heterocycles. The van der Waals surface area contributed by atoms with Crippen LogP contribution in [0.5, 0.6) is 0 Å². The fourth-order valence-electron chi connectivity index (χ4n) is 0.250. The first kappa shape index (κ1) is 16.3. The molecule has 0 aromatic carbocycles. The maximum atomic E-state index is 5.00. The molecule has 0 amide bonds. The lowest BCUT2D eigenvalue weighted by atomic mass is 10.7. The molecule has 0 saturated carbocycles. The Morgan fingerprint density at radius 1 is 1.11 bits per heavy atom. The molecule has 0 aliphatic rings. The minimum atomic E-state index is 0. The highest BCUT2D eigenvalue weighted by molar-refractivity contribution is 6.17. The van der Waals surface area contributed by atoms with Crippen molar-refractivity contribution in [3.05, 3.63) is 0 Å². The largest absolute Gasteiger partial charge is 0.317 e. The summed E-state index contributed by atoms with van der Waals surface area (Å²) in [5, 5.41) is 3.11. The van der Waals surface area contributed by atoms with Crippen LogP contribution in [-0.2, 0) is 0 Å². The Morgan fingerprint density at radius 3 is 1.33 bits per heavy atom. The fourth-order valence-corrected chi connectivity index (χ4v) is 0.250. The van der Waals surface area contributed by atoms with Gasteiger partial charge < -0.3 is 5.32 Å². The van der Waals surface area contributed by atoms with Gasteiger partial charge in [0.05, 0.1) is 0 Å². The standard InChI is InChI=1S/C4H11N.C2H5Cl.ClH/c1-3-5-4-2;1-2-3;/h5H,3-4H2,1-2H3;2H2,1H3;1H. The van der Waals surface area contributed by atoms with Crippen LogP contribution in [-0.4, -0.2) is 19.0 Å². The predicted octanol–water partition coefficient (Wildman–Crippen LogP) is 2.28. The van der Waals surface area contributed by atoms with Crippen molar-refractivity contribution in [3.63, 3.8) is 0 Å². The Labute approximate surface area is 69.6 Å². The average molecular weight is 174 g/mol. The van der Waals surface area contributed by atoms with E-state index in [1.165, 1.54) is 0 Å². The highest BCUT2D eigenvalue weighted by atomic mass is 35.5. The molecule has 0 spiro atoms. The maximum Gasteiger partial charge on any atom is 0.0195 e. The van der Waals surface area contributed by atoms with Gasteiger partial charge in [0, 0.05) is 5.88 Å². The van der Waals surface area contributed by atoms with E-state index < -0.39 is 0 Å². The maximum absolute atomic E-state index is 5.00. The number of alkyl halides is 1. The van der Waals surface area contributed by atoms with E-state index in [9.17, 15) is 0 Å². The molecule has 0 rings (SSSR count). The number of nitrogens with one attached hydrogen (secondary N) is 1. The summed E-state index contributed by atoms with van der Waals surface area (Å²) in [5.41, 5.74) is 0. The molecule has 0 bridgehead atoms. The lowest BCUT2D eigenvalue weighted by Gasteiger charge is -1.86. The van der Waals surface area contributed by atoms with Crippen LogP contribution in [0.15, 0.2) is 0 Å². The zero-order chi connectivity index (χ0) is 6.83. The van der Waals surface area contributed by atoms with Crippen LogP contribution in [0.25, 0.3) is 0 Å². The summed E-state index contributed by atoms with van der Waals surface area (Å²) in [5.74, 6) is 0.722. The van der Waals surface area contributed by atoms with Crippen molar-refractivity contribution < 1.29 is 0 Å². The van der Waals surface area contributed by atoms with Gasteiger partial charge in [-0.05, 0) is 13.1 Å². The number of halogens is 2. The summed E-state index contributed by atoms with van der Waals surface area (Å²) in [6.45, 7) is 8.28. The molecule has 1 N–H and O–H groups in total. The molecule has 3 heteroatoms. The van der Waals surface area contributed by atoms with Gasteiger partial charge in [-0.15, -0.1) is 24.0 Å². The summed E-state index contributed by atoms with van der Waals surface area (Å²) in [7, 11) is 0. The van der Waals surface area contributed by atoms with Crippen LogP contribution in [0.4, 0.5) is 0 Å². The molecule has 0 aliphatic carbocycles. The van der Waals surface area contributed by atoms with E-state index in [2.05, 4.69) is 19.2 Å². The molecule has 1 nitrogen and oxygen atoms in total. The van der Waals surface area contributed by atoms with Gasteiger partial charge in [0.25, 0.3) is 0 Å². The average Bonchev–Trinajstić information content (AvgIpc) is 1.71. The highest BCUT2D eigenvalue weighted by Gasteiger charge is 1.62. The third-order valence-electron chi connectivity index (χ3n) is 0.500. The number of rotatable bonds is 2. The third-order valence-corrected chi connectivity index (χ3v) is 0.500. The first-order chi connectivity index (χ1) is 3.83. The second-order valence-electron chi connectivity index (χ2n) is 1.22. The van der Waals surface area contributed by atoms with Crippen molar-refractivity contribution in [1.29, 1.82) is 0 Å². The van der Waals surface area contributed by atoms with Crippen molar-refractivity contribution >= 4 is 24.0 Å². The summed E-state index contributed by atoms with van der Waals surface area (Å²) in [4.78, 5) is 0. The molecule has 0 atom stereocenters. The molecule has 60 valence electrons. The normalized spacial score (nSPS) is 6.67. The van der Waals surface area contributed by atoms with Gasteiger partial charge in [-0.25, -0.2) is 0 Å². The van der Waals surface area contributed by atoms with Gasteiger partial charge in [0.1, 0.15) is 0 Å². The molecular weight excluding hydrogens is 157 g/mol. The summed E-state index contributed by atoms with van der Waals surface area (Å²) in [6.07, 6.45) is 0. The minimum absolute atomic E-state index is 0. The van der Waals surface area contributed by atoms with E-state index in [1.54, 1.807) is 0 Å². The van der Waals surface area contributed by atoms with Gasteiger partial charge in [-0.2, -0.15) is 0 Å². The van der Waals surface area contributed by atoms with Crippen LogP contribution in [0, 0.1) is 0 Å². The van der Waals surface area contributed by atoms with Crippen LogP contribution in [0.2, 0.25) is 0 Å². The molecule has 0 fully saturated rings. The Morgan fingerprint density at radius 2 is 1.33 bits per heavy atom. The van der Waals surface area contributed by atoms with Crippen molar-refractivity contribution in [2.45, 2.75) is 20.8 Å². The highest BCUT2D eigenvalue weighted by Crippen LogP contribution is 1.59. The van der Waals surface area contributed by atoms with Gasteiger partial charge >= 0.3 is 0 Å². The van der Waals surface area contributed by atoms with E-state index in [4.69, 9.17) is 11.6 Å². The SMILES string of the molecule is CCCl.CCNCC.Cl. The Kier molecular flexibility index (Phi) is 42.6. The van der Waals surface area contributed by atoms with Crippen LogP contribution in [0.3, 0.4) is 0 Å². The van der Waals surface area contributed by atoms with Gasteiger partial charge in [-0.3, -0.25) is 0 Å². The van der Waals surface area contributed by atoms with Crippen molar-refractivity contribution in [3.8, 4) is 0 Å². The first-order valence-electron chi connectivity index (χ1n) is 3.10. The van der Waals surface area contributed by atoms with Crippen LogP contribution < -0.4 is 5.32 Å². The molecule has 0 saturated heterocycles. The summed E-state index contributed by atoms with van der Waals surface area (Å²) in [6, 6.07) is 0. The van der Waals surface area contributed by atoms with Crippen molar-refractivity contribution in [2.24, 2.45) is 0 Å². The van der Waals surface area contributed by atoms with Gasteiger partial charge in [0.15, 0.2) is 0 Å².